The molecule has 1 unspecified atom stereocenters. The number of halogens is 4. The number of rotatable bonds is 4. The van der Waals surface area contributed by atoms with E-state index in [0.717, 1.165) is 0 Å². The third-order valence-electron chi connectivity index (χ3n) is 1.87. The van der Waals surface area contributed by atoms with E-state index in [1.807, 2.05) is 13.8 Å². The zero-order chi connectivity index (χ0) is 11.6. The monoisotopic (exact) mass is 324 g/mol. The Bertz CT molecular complexity index is 213. The van der Waals surface area contributed by atoms with Gasteiger partial charge >= 0.3 is 5.97 Å². The fourth-order valence-electron chi connectivity index (χ4n) is 0.980. The smallest absolute Gasteiger partial charge is 0.303 e. The number of aliphatic carboxylic acids is 1. The summed E-state index contributed by atoms with van der Waals surface area (Å²) in [5.74, 6) is -0.858. The quantitative estimate of drug-likeness (QED) is 0.793. The number of carboxylic acid groups (broad SMARTS) is 1. The van der Waals surface area contributed by atoms with Crippen LogP contribution in [0.2, 0.25) is 0 Å². The Hall–Kier alpha value is 0.820. The number of carboxylic acids is 1. The maximum absolute atomic E-state index is 10.6. The van der Waals surface area contributed by atoms with Crippen LogP contribution in [-0.4, -0.2) is 19.7 Å². The lowest BCUT2D eigenvalue weighted by atomic mass is 9.84. The molecule has 84 valence electrons. The van der Waals surface area contributed by atoms with Gasteiger partial charge in [0.1, 0.15) is 0 Å². The van der Waals surface area contributed by atoms with E-state index in [1.54, 1.807) is 0 Å². The molecule has 0 aliphatic rings. The lowest BCUT2D eigenvalue weighted by Gasteiger charge is -2.30. The first-order valence-electron chi connectivity index (χ1n) is 3.97. The largest absolute Gasteiger partial charge is 0.481 e. The van der Waals surface area contributed by atoms with Gasteiger partial charge in [0.25, 0.3) is 0 Å². The van der Waals surface area contributed by atoms with Gasteiger partial charge in [-0.2, -0.15) is 0 Å². The number of carbonyl (C=O) groups is 1. The van der Waals surface area contributed by atoms with Gasteiger partial charge in [0, 0.05) is 11.2 Å². The average Bonchev–Trinajstić information content (AvgIpc) is 1.79. The van der Waals surface area contributed by atoms with Gasteiger partial charge in [0.15, 0.2) is 3.79 Å². The van der Waals surface area contributed by atoms with E-state index in [4.69, 9.17) is 39.9 Å². The molecule has 0 bridgehead atoms. The van der Waals surface area contributed by atoms with E-state index in [1.165, 1.54) is 0 Å². The molecule has 0 aromatic rings. The Morgan fingerprint density at radius 3 is 2.14 bits per heavy atom. The van der Waals surface area contributed by atoms with Gasteiger partial charge < -0.3 is 5.11 Å². The van der Waals surface area contributed by atoms with Crippen molar-refractivity contribution in [3.8, 4) is 0 Å². The Labute approximate surface area is 107 Å². The first-order valence-corrected chi connectivity index (χ1v) is 6.02. The van der Waals surface area contributed by atoms with Gasteiger partial charge in [0.2, 0.25) is 0 Å². The molecule has 0 aromatic heterocycles. The van der Waals surface area contributed by atoms with Crippen LogP contribution in [0.15, 0.2) is 0 Å². The third-order valence-corrected chi connectivity index (χ3v) is 3.89. The highest BCUT2D eigenvalue weighted by molar-refractivity contribution is 9.09. The lowest BCUT2D eigenvalue weighted by Crippen LogP contribution is -2.30. The zero-order valence-electron chi connectivity index (χ0n) is 7.86. The zero-order valence-corrected chi connectivity index (χ0v) is 11.7. The Balaban J connectivity index is 4.35. The van der Waals surface area contributed by atoms with E-state index in [9.17, 15) is 4.79 Å². The number of hydrogen-bond acceptors (Lipinski definition) is 1. The van der Waals surface area contributed by atoms with Crippen molar-refractivity contribution in [2.75, 3.05) is 0 Å². The van der Waals surface area contributed by atoms with Crippen LogP contribution in [0.4, 0.5) is 0 Å². The van der Waals surface area contributed by atoms with Crippen molar-refractivity contribution >= 4 is 56.7 Å². The van der Waals surface area contributed by atoms with Gasteiger partial charge in [-0.1, -0.05) is 64.6 Å². The molecule has 0 saturated heterocycles. The van der Waals surface area contributed by atoms with Crippen LogP contribution in [0.5, 0.6) is 0 Å². The summed E-state index contributed by atoms with van der Waals surface area (Å²) in [6, 6.07) is 0. The van der Waals surface area contributed by atoms with Crippen molar-refractivity contribution in [3.63, 3.8) is 0 Å². The lowest BCUT2D eigenvalue weighted by molar-refractivity contribution is -0.139. The summed E-state index contributed by atoms with van der Waals surface area (Å²) in [5, 5.41) is 8.68. The minimum absolute atomic E-state index is 0.0314. The maximum Gasteiger partial charge on any atom is 0.303 e. The topological polar surface area (TPSA) is 37.3 Å². The standard InChI is InChI=1S/C8H12BrCl3O2/c1-7(2,4-6(13)14)5(9)3-8(10,11)12/h5H,3-4H2,1-2H3,(H,13,14). The van der Waals surface area contributed by atoms with Crippen molar-refractivity contribution in [2.45, 2.75) is 35.3 Å². The highest BCUT2D eigenvalue weighted by Crippen LogP contribution is 2.41. The molecule has 0 saturated carbocycles. The summed E-state index contributed by atoms with van der Waals surface area (Å²) in [6.07, 6.45) is 0.307. The molecule has 0 aliphatic heterocycles. The molecule has 0 aliphatic carbocycles. The van der Waals surface area contributed by atoms with Gasteiger partial charge in [-0.25, -0.2) is 0 Å². The van der Waals surface area contributed by atoms with Crippen LogP contribution in [0.1, 0.15) is 26.7 Å². The Morgan fingerprint density at radius 1 is 1.43 bits per heavy atom. The molecule has 0 spiro atoms. The van der Waals surface area contributed by atoms with Crippen molar-refractivity contribution in [2.24, 2.45) is 5.41 Å². The van der Waals surface area contributed by atoms with Crippen molar-refractivity contribution in [1.82, 2.24) is 0 Å². The molecule has 6 heteroatoms. The van der Waals surface area contributed by atoms with Crippen LogP contribution >= 0.6 is 50.7 Å². The second-order valence-corrected chi connectivity index (χ2v) is 7.47. The van der Waals surface area contributed by atoms with Crippen molar-refractivity contribution < 1.29 is 9.90 Å². The third kappa shape index (κ3) is 6.33. The molecule has 0 radical (unpaired) electrons. The molecule has 0 rings (SSSR count). The summed E-state index contributed by atoms with van der Waals surface area (Å²) in [5.41, 5.74) is -0.449. The van der Waals surface area contributed by atoms with Crippen LogP contribution < -0.4 is 0 Å². The normalized spacial score (nSPS) is 15.3. The molecular formula is C8H12BrCl3O2. The number of alkyl halides is 4. The highest BCUT2D eigenvalue weighted by Gasteiger charge is 2.35. The summed E-state index contributed by atoms with van der Waals surface area (Å²) >= 11 is 20.2. The Morgan fingerprint density at radius 2 is 1.86 bits per heavy atom. The van der Waals surface area contributed by atoms with Crippen LogP contribution in [-0.2, 0) is 4.79 Å². The van der Waals surface area contributed by atoms with E-state index in [-0.39, 0.29) is 17.7 Å². The van der Waals surface area contributed by atoms with Crippen LogP contribution in [0.25, 0.3) is 0 Å². The minimum atomic E-state index is -1.36. The number of hydrogen-bond donors (Lipinski definition) is 1. The molecule has 0 fully saturated rings. The SMILES string of the molecule is CC(C)(CC(=O)O)C(Br)CC(Cl)(Cl)Cl. The van der Waals surface area contributed by atoms with Crippen molar-refractivity contribution in [1.29, 1.82) is 0 Å². The molecular weight excluding hydrogens is 314 g/mol. The van der Waals surface area contributed by atoms with Gasteiger partial charge in [0.05, 0.1) is 6.42 Å². The average molecular weight is 326 g/mol. The highest BCUT2D eigenvalue weighted by atomic mass is 79.9. The predicted molar refractivity (Wildman–Crippen MR) is 63.7 cm³/mol. The van der Waals surface area contributed by atoms with Gasteiger partial charge in [-0.05, 0) is 5.41 Å². The molecule has 1 atom stereocenters. The molecule has 1 N–H and O–H groups in total. The van der Waals surface area contributed by atoms with Crippen LogP contribution in [0.3, 0.4) is 0 Å². The first-order chi connectivity index (χ1) is 6.04. The minimum Gasteiger partial charge on any atom is -0.481 e. The summed E-state index contributed by atoms with van der Waals surface area (Å²) in [4.78, 5) is 10.4. The Kier molecular flexibility index (Phi) is 5.55. The predicted octanol–water partition coefficient (Wildman–Crippen LogP) is 4.01. The maximum atomic E-state index is 10.6. The van der Waals surface area contributed by atoms with Gasteiger partial charge in [-0.3, -0.25) is 4.79 Å². The summed E-state index contributed by atoms with van der Waals surface area (Å²) < 4.78 is -1.36. The van der Waals surface area contributed by atoms with Crippen molar-refractivity contribution in [3.05, 3.63) is 0 Å². The fourth-order valence-corrected chi connectivity index (χ4v) is 2.65. The summed E-state index contributed by atoms with van der Waals surface area (Å²) in [6.45, 7) is 3.63. The van der Waals surface area contributed by atoms with E-state index >= 15 is 0 Å². The fraction of sp³-hybridized carbons (Fsp3) is 0.875. The van der Waals surface area contributed by atoms with E-state index in [0.29, 0.717) is 0 Å². The van der Waals surface area contributed by atoms with E-state index < -0.39 is 15.2 Å². The summed E-state index contributed by atoms with van der Waals surface area (Å²) in [7, 11) is 0. The van der Waals surface area contributed by atoms with E-state index in [2.05, 4.69) is 15.9 Å². The molecule has 0 aromatic carbocycles. The second kappa shape index (κ2) is 5.24. The second-order valence-electron chi connectivity index (χ2n) is 3.85. The molecule has 14 heavy (non-hydrogen) atoms. The molecule has 0 amide bonds. The molecule has 0 heterocycles. The van der Waals surface area contributed by atoms with Gasteiger partial charge in [-0.15, -0.1) is 0 Å². The van der Waals surface area contributed by atoms with Crippen LogP contribution in [0, 0.1) is 5.41 Å². The first kappa shape index (κ1) is 14.8. The molecule has 2 nitrogen and oxygen atoms in total.